The van der Waals surface area contributed by atoms with Gasteiger partial charge in [-0.2, -0.15) is 4.98 Å². The maximum Gasteiger partial charge on any atom is 0.343 e. The van der Waals surface area contributed by atoms with Crippen LogP contribution in [0.5, 0.6) is 17.2 Å². The Balaban J connectivity index is 1.96. The quantitative estimate of drug-likeness (QED) is 0.546. The number of hydrogen-bond donors (Lipinski definition) is 2. The summed E-state index contributed by atoms with van der Waals surface area (Å²) in [6, 6.07) is 9.76. The van der Waals surface area contributed by atoms with E-state index in [9.17, 15) is 4.79 Å². The number of carbonyl (C=O) groups is 1. The highest BCUT2D eigenvalue weighted by Crippen LogP contribution is 2.37. The van der Waals surface area contributed by atoms with E-state index in [0.717, 1.165) is 0 Å². The van der Waals surface area contributed by atoms with Crippen LogP contribution >= 0.6 is 0 Å². The van der Waals surface area contributed by atoms with E-state index in [-0.39, 0.29) is 23.1 Å². The molecule has 0 unspecified atom stereocenters. The summed E-state index contributed by atoms with van der Waals surface area (Å²) < 4.78 is 15.9. The SMILES string of the molecule is COc1cccc(OC(=O)c2ccc3nc(N)nc(N)c3c2)c1OC. The van der Waals surface area contributed by atoms with Gasteiger partial charge >= 0.3 is 5.97 Å². The summed E-state index contributed by atoms with van der Waals surface area (Å²) in [5, 5.41) is 0.515. The molecule has 0 spiro atoms. The van der Waals surface area contributed by atoms with Gasteiger partial charge in [0.15, 0.2) is 11.5 Å². The Kier molecular flexibility index (Phi) is 4.25. The number of nitrogen functional groups attached to an aromatic ring is 2. The highest BCUT2D eigenvalue weighted by molar-refractivity contribution is 5.98. The molecule has 1 aromatic heterocycles. The second kappa shape index (κ2) is 6.52. The van der Waals surface area contributed by atoms with Gasteiger partial charge in [0.05, 0.1) is 25.3 Å². The summed E-state index contributed by atoms with van der Waals surface area (Å²) in [6.45, 7) is 0. The fourth-order valence-corrected chi connectivity index (χ4v) is 2.39. The molecule has 0 fully saturated rings. The molecule has 0 bridgehead atoms. The third-order valence-corrected chi connectivity index (χ3v) is 3.55. The Morgan fingerprint density at radius 3 is 2.48 bits per heavy atom. The second-order valence-electron chi connectivity index (χ2n) is 5.08. The first kappa shape index (κ1) is 16.3. The molecular weight excluding hydrogens is 324 g/mol. The molecule has 128 valence electrons. The Morgan fingerprint density at radius 2 is 1.76 bits per heavy atom. The number of rotatable bonds is 4. The number of methoxy groups -OCH3 is 2. The van der Waals surface area contributed by atoms with Crippen molar-refractivity contribution < 1.29 is 19.0 Å². The predicted molar refractivity (Wildman–Crippen MR) is 92.9 cm³/mol. The number of nitrogens with zero attached hydrogens (tertiary/aromatic N) is 2. The van der Waals surface area contributed by atoms with Crippen LogP contribution in [0.3, 0.4) is 0 Å². The lowest BCUT2D eigenvalue weighted by molar-refractivity contribution is 0.0729. The number of fused-ring (bicyclic) bond motifs is 1. The van der Waals surface area contributed by atoms with E-state index in [0.29, 0.717) is 22.4 Å². The molecule has 0 radical (unpaired) electrons. The van der Waals surface area contributed by atoms with Crippen molar-refractivity contribution in [2.45, 2.75) is 0 Å². The van der Waals surface area contributed by atoms with Gasteiger partial charge in [0.2, 0.25) is 11.7 Å². The van der Waals surface area contributed by atoms with Crippen molar-refractivity contribution in [3.8, 4) is 17.2 Å². The van der Waals surface area contributed by atoms with E-state index in [1.165, 1.54) is 14.2 Å². The standard InChI is InChI=1S/C17H16N4O4/c1-23-12-4-3-5-13(14(12)24-2)25-16(22)9-6-7-11-10(8-9)15(18)21-17(19)20-11/h3-8H,1-2H3,(H4,18,19,20,21). The molecule has 0 atom stereocenters. The molecular formula is C17H16N4O4. The summed E-state index contributed by atoms with van der Waals surface area (Å²) in [5.41, 5.74) is 12.2. The number of para-hydroxylation sites is 1. The van der Waals surface area contributed by atoms with Gasteiger partial charge in [-0.05, 0) is 30.3 Å². The minimum Gasteiger partial charge on any atom is -0.493 e. The molecule has 0 saturated carbocycles. The van der Waals surface area contributed by atoms with Gasteiger partial charge in [-0.25, -0.2) is 9.78 Å². The van der Waals surface area contributed by atoms with Crippen LogP contribution in [-0.4, -0.2) is 30.2 Å². The van der Waals surface area contributed by atoms with Crippen LogP contribution in [0.2, 0.25) is 0 Å². The lowest BCUT2D eigenvalue weighted by Gasteiger charge is -2.12. The van der Waals surface area contributed by atoms with Crippen molar-refractivity contribution in [2.24, 2.45) is 0 Å². The maximum atomic E-state index is 12.5. The zero-order valence-corrected chi connectivity index (χ0v) is 13.6. The summed E-state index contributed by atoms with van der Waals surface area (Å²) in [4.78, 5) is 20.4. The Bertz CT molecular complexity index is 959. The Hall–Kier alpha value is -3.55. The smallest absolute Gasteiger partial charge is 0.343 e. The summed E-state index contributed by atoms with van der Waals surface area (Å²) in [6.07, 6.45) is 0. The van der Waals surface area contributed by atoms with Gasteiger partial charge in [-0.1, -0.05) is 6.07 Å². The van der Waals surface area contributed by atoms with Crippen molar-refractivity contribution in [3.05, 3.63) is 42.0 Å². The molecule has 0 aliphatic heterocycles. The lowest BCUT2D eigenvalue weighted by atomic mass is 10.1. The number of anilines is 2. The van der Waals surface area contributed by atoms with Crippen LogP contribution < -0.4 is 25.7 Å². The first-order chi connectivity index (χ1) is 12.0. The number of hydrogen-bond acceptors (Lipinski definition) is 8. The minimum atomic E-state index is -0.579. The zero-order valence-electron chi connectivity index (χ0n) is 13.6. The van der Waals surface area contributed by atoms with Crippen LogP contribution in [0.1, 0.15) is 10.4 Å². The second-order valence-corrected chi connectivity index (χ2v) is 5.08. The van der Waals surface area contributed by atoms with E-state index in [2.05, 4.69) is 9.97 Å². The zero-order chi connectivity index (χ0) is 18.0. The normalized spacial score (nSPS) is 10.5. The van der Waals surface area contributed by atoms with E-state index < -0.39 is 5.97 Å². The maximum absolute atomic E-state index is 12.5. The molecule has 0 aliphatic rings. The van der Waals surface area contributed by atoms with E-state index in [1.54, 1.807) is 36.4 Å². The van der Waals surface area contributed by atoms with Crippen molar-refractivity contribution in [1.29, 1.82) is 0 Å². The number of esters is 1. The summed E-state index contributed by atoms with van der Waals surface area (Å²) >= 11 is 0. The molecule has 8 nitrogen and oxygen atoms in total. The van der Waals surface area contributed by atoms with Crippen LogP contribution in [0, 0.1) is 0 Å². The Morgan fingerprint density at radius 1 is 1.00 bits per heavy atom. The topological polar surface area (TPSA) is 123 Å². The van der Waals surface area contributed by atoms with Gasteiger partial charge in [-0.3, -0.25) is 0 Å². The molecule has 3 aromatic rings. The minimum absolute atomic E-state index is 0.0708. The first-order valence-corrected chi connectivity index (χ1v) is 7.29. The van der Waals surface area contributed by atoms with E-state index in [1.807, 2.05) is 0 Å². The van der Waals surface area contributed by atoms with Crippen molar-refractivity contribution in [3.63, 3.8) is 0 Å². The van der Waals surface area contributed by atoms with Crippen LogP contribution in [-0.2, 0) is 0 Å². The van der Waals surface area contributed by atoms with E-state index in [4.69, 9.17) is 25.7 Å². The number of aromatic nitrogens is 2. The van der Waals surface area contributed by atoms with Crippen LogP contribution in [0.4, 0.5) is 11.8 Å². The van der Waals surface area contributed by atoms with Gasteiger partial charge in [0.1, 0.15) is 5.82 Å². The Labute approximate surface area is 143 Å². The summed E-state index contributed by atoms with van der Waals surface area (Å²) in [7, 11) is 2.97. The lowest BCUT2D eigenvalue weighted by Crippen LogP contribution is -2.10. The molecule has 0 saturated heterocycles. The molecule has 25 heavy (non-hydrogen) atoms. The molecule has 0 amide bonds. The summed E-state index contributed by atoms with van der Waals surface area (Å²) in [5.74, 6) is 0.713. The van der Waals surface area contributed by atoms with Gasteiger partial charge in [-0.15, -0.1) is 0 Å². The van der Waals surface area contributed by atoms with Gasteiger partial charge < -0.3 is 25.7 Å². The molecule has 2 aromatic carbocycles. The van der Waals surface area contributed by atoms with E-state index >= 15 is 0 Å². The van der Waals surface area contributed by atoms with Crippen molar-refractivity contribution >= 4 is 28.6 Å². The predicted octanol–water partition coefficient (Wildman–Crippen LogP) is 2.03. The monoisotopic (exact) mass is 340 g/mol. The fourth-order valence-electron chi connectivity index (χ4n) is 2.39. The average Bonchev–Trinajstić information content (AvgIpc) is 2.61. The fraction of sp³-hybridized carbons (Fsp3) is 0.118. The average molecular weight is 340 g/mol. The van der Waals surface area contributed by atoms with Gasteiger partial charge in [0, 0.05) is 5.39 Å². The largest absolute Gasteiger partial charge is 0.493 e. The number of nitrogens with two attached hydrogens (primary N) is 2. The number of carbonyl (C=O) groups excluding carboxylic acids is 1. The number of ether oxygens (including phenoxy) is 3. The molecule has 3 rings (SSSR count). The molecule has 8 heteroatoms. The molecule has 0 aliphatic carbocycles. The van der Waals surface area contributed by atoms with Crippen molar-refractivity contribution in [1.82, 2.24) is 9.97 Å². The highest BCUT2D eigenvalue weighted by atomic mass is 16.6. The third-order valence-electron chi connectivity index (χ3n) is 3.55. The van der Waals surface area contributed by atoms with Crippen molar-refractivity contribution in [2.75, 3.05) is 25.7 Å². The molecule has 4 N–H and O–H groups in total. The van der Waals surface area contributed by atoms with Crippen LogP contribution in [0.25, 0.3) is 10.9 Å². The van der Waals surface area contributed by atoms with Crippen LogP contribution in [0.15, 0.2) is 36.4 Å². The first-order valence-electron chi connectivity index (χ1n) is 7.29. The highest BCUT2D eigenvalue weighted by Gasteiger charge is 2.17. The van der Waals surface area contributed by atoms with Gasteiger partial charge in [0.25, 0.3) is 0 Å². The molecule has 1 heterocycles. The third kappa shape index (κ3) is 3.09. The number of benzene rings is 2.